The molecule has 12 heteroatoms. The second-order valence-electron chi connectivity index (χ2n) is 9.27. The minimum absolute atomic E-state index is 0.0111. The molecular formula is C26H32Cl2N4O6. The Hall–Kier alpha value is -3.50. The van der Waals surface area contributed by atoms with E-state index < -0.39 is 35.5 Å². The Morgan fingerprint density at radius 2 is 1.66 bits per heavy atom. The summed E-state index contributed by atoms with van der Waals surface area (Å²) >= 11 is 12.5. The molecule has 3 amide bonds. The second-order valence-corrected chi connectivity index (χ2v) is 10.1. The number of nitrogens with two attached hydrogens (primary N) is 1. The summed E-state index contributed by atoms with van der Waals surface area (Å²) in [6, 6.07) is 11.2. The first kappa shape index (κ1) is 30.7. The molecule has 0 aliphatic heterocycles. The van der Waals surface area contributed by atoms with Crippen LogP contribution in [-0.4, -0.2) is 48.7 Å². The van der Waals surface area contributed by atoms with Gasteiger partial charge in [0.1, 0.15) is 18.2 Å². The molecule has 0 spiro atoms. The van der Waals surface area contributed by atoms with Crippen LogP contribution >= 0.6 is 23.2 Å². The molecular weight excluding hydrogens is 535 g/mol. The van der Waals surface area contributed by atoms with E-state index >= 15 is 0 Å². The normalized spacial score (nSPS) is 11.7. The molecule has 38 heavy (non-hydrogen) atoms. The number of esters is 1. The van der Waals surface area contributed by atoms with Crippen LogP contribution in [0.5, 0.6) is 0 Å². The van der Waals surface area contributed by atoms with Gasteiger partial charge in [-0.05, 0) is 51.0 Å². The number of para-hydroxylation sites is 2. The number of alkyl carbamates (subject to hydrolysis) is 1. The van der Waals surface area contributed by atoms with E-state index in [1.165, 1.54) is 0 Å². The van der Waals surface area contributed by atoms with Gasteiger partial charge in [-0.1, -0.05) is 47.5 Å². The third kappa shape index (κ3) is 10.9. The SMILES string of the molecule is CC(C)(C)OC(=O)N[C@@H](CCC(N)=O)C(=O)NCCOC(=O)Cc1ccccc1Nc1c(Cl)cccc1Cl. The first-order chi connectivity index (χ1) is 17.9. The molecule has 0 saturated carbocycles. The molecule has 0 aliphatic carbocycles. The van der Waals surface area contributed by atoms with E-state index in [1.807, 2.05) is 0 Å². The maximum atomic E-state index is 12.6. The van der Waals surface area contributed by atoms with Gasteiger partial charge in [-0.3, -0.25) is 14.4 Å². The van der Waals surface area contributed by atoms with Crippen molar-refractivity contribution in [3.63, 3.8) is 0 Å². The van der Waals surface area contributed by atoms with Crippen LogP contribution in [0, 0.1) is 0 Å². The fraction of sp³-hybridized carbons (Fsp3) is 0.385. The lowest BCUT2D eigenvalue weighted by atomic mass is 10.1. The molecule has 0 aliphatic rings. The van der Waals surface area contributed by atoms with E-state index in [0.717, 1.165) is 0 Å². The lowest BCUT2D eigenvalue weighted by Gasteiger charge is -2.23. The van der Waals surface area contributed by atoms with Gasteiger partial charge in [0.2, 0.25) is 11.8 Å². The summed E-state index contributed by atoms with van der Waals surface area (Å²) in [5.41, 5.74) is 6.22. The predicted molar refractivity (Wildman–Crippen MR) is 145 cm³/mol. The summed E-state index contributed by atoms with van der Waals surface area (Å²) in [7, 11) is 0. The van der Waals surface area contributed by atoms with Crippen LogP contribution in [0.15, 0.2) is 42.5 Å². The highest BCUT2D eigenvalue weighted by molar-refractivity contribution is 6.39. The van der Waals surface area contributed by atoms with Gasteiger partial charge in [-0.15, -0.1) is 0 Å². The van der Waals surface area contributed by atoms with E-state index in [9.17, 15) is 19.2 Å². The van der Waals surface area contributed by atoms with Crippen LogP contribution in [0.4, 0.5) is 16.2 Å². The number of hydrogen-bond acceptors (Lipinski definition) is 7. The molecule has 10 nitrogen and oxygen atoms in total. The van der Waals surface area contributed by atoms with Gasteiger partial charge in [0.05, 0.1) is 28.7 Å². The summed E-state index contributed by atoms with van der Waals surface area (Å²) in [6.45, 7) is 4.92. The van der Waals surface area contributed by atoms with Crippen LogP contribution in [0.3, 0.4) is 0 Å². The highest BCUT2D eigenvalue weighted by Crippen LogP contribution is 2.33. The van der Waals surface area contributed by atoms with Crippen molar-refractivity contribution < 1.29 is 28.7 Å². The third-order valence-electron chi connectivity index (χ3n) is 4.93. The van der Waals surface area contributed by atoms with E-state index in [4.69, 9.17) is 38.4 Å². The van der Waals surface area contributed by atoms with Crippen molar-refractivity contribution >= 4 is 58.5 Å². The fourth-order valence-corrected chi connectivity index (χ4v) is 3.71. The maximum absolute atomic E-state index is 12.6. The molecule has 2 aromatic rings. The summed E-state index contributed by atoms with van der Waals surface area (Å²) in [6.07, 6.45) is -0.977. The van der Waals surface area contributed by atoms with E-state index in [-0.39, 0.29) is 32.4 Å². The molecule has 206 valence electrons. The van der Waals surface area contributed by atoms with Crippen LogP contribution in [0.2, 0.25) is 10.0 Å². The number of nitrogens with one attached hydrogen (secondary N) is 3. The van der Waals surface area contributed by atoms with Gasteiger partial charge in [0.25, 0.3) is 0 Å². The van der Waals surface area contributed by atoms with Crippen molar-refractivity contribution in [2.45, 2.75) is 51.7 Å². The number of rotatable bonds is 12. The topological polar surface area (TPSA) is 149 Å². The number of carbonyl (C=O) groups is 4. The number of ether oxygens (including phenoxy) is 2. The van der Waals surface area contributed by atoms with Crippen LogP contribution < -0.4 is 21.7 Å². The Bertz CT molecular complexity index is 1130. The Labute approximate surface area is 231 Å². The summed E-state index contributed by atoms with van der Waals surface area (Å²) in [4.78, 5) is 48.2. The molecule has 1 atom stereocenters. The van der Waals surface area contributed by atoms with Gasteiger partial charge < -0.3 is 31.2 Å². The first-order valence-corrected chi connectivity index (χ1v) is 12.6. The maximum Gasteiger partial charge on any atom is 0.408 e. The Balaban J connectivity index is 1.89. The molecule has 5 N–H and O–H groups in total. The second kappa shape index (κ2) is 14.4. The summed E-state index contributed by atoms with van der Waals surface area (Å²) < 4.78 is 10.4. The Morgan fingerprint density at radius 3 is 2.29 bits per heavy atom. The molecule has 0 saturated heterocycles. The number of benzene rings is 2. The number of hydrogen-bond donors (Lipinski definition) is 4. The van der Waals surface area contributed by atoms with E-state index in [1.54, 1.807) is 63.2 Å². The lowest BCUT2D eigenvalue weighted by molar-refractivity contribution is -0.143. The zero-order chi connectivity index (χ0) is 28.3. The molecule has 0 radical (unpaired) electrons. The van der Waals surface area contributed by atoms with Crippen molar-refractivity contribution in [1.29, 1.82) is 0 Å². The fourth-order valence-electron chi connectivity index (χ4n) is 3.22. The van der Waals surface area contributed by atoms with Gasteiger partial charge >= 0.3 is 12.1 Å². The highest BCUT2D eigenvalue weighted by atomic mass is 35.5. The van der Waals surface area contributed by atoms with Gasteiger partial charge in [-0.25, -0.2) is 4.79 Å². The Kier molecular flexibility index (Phi) is 11.7. The number of primary amides is 1. The first-order valence-electron chi connectivity index (χ1n) is 11.9. The zero-order valence-corrected chi connectivity index (χ0v) is 22.9. The molecule has 2 aromatic carbocycles. The van der Waals surface area contributed by atoms with Gasteiger partial charge in [0.15, 0.2) is 0 Å². The number of halogens is 2. The van der Waals surface area contributed by atoms with E-state index in [0.29, 0.717) is 27.0 Å². The smallest absolute Gasteiger partial charge is 0.408 e. The molecule has 0 heterocycles. The largest absolute Gasteiger partial charge is 0.464 e. The molecule has 0 unspecified atom stereocenters. The minimum atomic E-state index is -1.05. The van der Waals surface area contributed by atoms with Crippen LogP contribution in [0.25, 0.3) is 0 Å². The average Bonchev–Trinajstić information content (AvgIpc) is 2.81. The molecule has 0 bridgehead atoms. The molecule has 2 rings (SSSR count). The van der Waals surface area contributed by atoms with Crippen molar-refractivity contribution in [3.8, 4) is 0 Å². The number of amides is 3. The zero-order valence-electron chi connectivity index (χ0n) is 21.4. The van der Waals surface area contributed by atoms with E-state index in [2.05, 4.69) is 16.0 Å². The third-order valence-corrected chi connectivity index (χ3v) is 5.56. The molecule has 0 aromatic heterocycles. The number of anilines is 2. The van der Waals surface area contributed by atoms with Gasteiger partial charge in [0, 0.05) is 12.1 Å². The number of carbonyl (C=O) groups excluding carboxylic acids is 4. The average molecular weight is 567 g/mol. The van der Waals surface area contributed by atoms with Crippen molar-refractivity contribution in [2.24, 2.45) is 5.73 Å². The predicted octanol–water partition coefficient (Wildman–Crippen LogP) is 4.10. The summed E-state index contributed by atoms with van der Waals surface area (Å²) in [5, 5.41) is 9.02. The minimum Gasteiger partial charge on any atom is -0.464 e. The quantitative estimate of drug-likeness (QED) is 0.223. The van der Waals surface area contributed by atoms with Gasteiger partial charge in [-0.2, -0.15) is 0 Å². The van der Waals surface area contributed by atoms with Crippen LogP contribution in [0.1, 0.15) is 39.2 Å². The van der Waals surface area contributed by atoms with Crippen molar-refractivity contribution in [3.05, 3.63) is 58.1 Å². The molecule has 0 fully saturated rings. The van der Waals surface area contributed by atoms with Crippen LogP contribution in [-0.2, 0) is 30.3 Å². The van der Waals surface area contributed by atoms with Crippen molar-refractivity contribution in [1.82, 2.24) is 10.6 Å². The standard InChI is InChI=1S/C26H32Cl2N4O6/c1-26(2,3)38-25(36)32-20(11-12-21(29)33)24(35)30-13-14-37-22(34)15-16-7-4-5-10-19(16)31-23-17(27)8-6-9-18(23)28/h4-10,20,31H,11-15H2,1-3H3,(H2,29,33)(H,30,35)(H,32,36)/t20-/m0/s1. The Morgan fingerprint density at radius 1 is 1.00 bits per heavy atom. The lowest BCUT2D eigenvalue weighted by Crippen LogP contribution is -2.49. The van der Waals surface area contributed by atoms with Crippen molar-refractivity contribution in [2.75, 3.05) is 18.5 Å². The summed E-state index contributed by atoms with van der Waals surface area (Å²) in [5.74, 6) is -1.70. The monoisotopic (exact) mass is 566 g/mol. The highest BCUT2D eigenvalue weighted by Gasteiger charge is 2.24.